The zero-order chi connectivity index (χ0) is 38.1. The highest BCUT2D eigenvalue weighted by Crippen LogP contribution is 2.50. The second-order valence-corrected chi connectivity index (χ2v) is 13.8. The van der Waals surface area contributed by atoms with Gasteiger partial charge in [0.1, 0.15) is 85.3 Å². The molecular weight excluding hydrogens is 698 g/mol. The Hall–Kier alpha value is -5.01. The van der Waals surface area contributed by atoms with Crippen LogP contribution in [0.4, 0.5) is 11.6 Å². The Morgan fingerprint density at radius 2 is 1.25 bits per heavy atom. The van der Waals surface area contributed by atoms with Crippen LogP contribution in [0.2, 0.25) is 0 Å². The number of carbonyl (C=O) groups excluding carboxylic acids is 2. The van der Waals surface area contributed by atoms with Crippen LogP contribution in [0.5, 0.6) is 0 Å². The topological polar surface area (TPSA) is 264 Å². The van der Waals surface area contributed by atoms with E-state index in [1.54, 1.807) is 52.0 Å². The van der Waals surface area contributed by atoms with Crippen molar-refractivity contribution in [2.45, 2.75) is 101 Å². The fourth-order valence-corrected chi connectivity index (χ4v) is 7.15. The maximum atomic E-state index is 11.4. The highest BCUT2D eigenvalue weighted by Gasteiger charge is 2.66. The average molecular weight is 738 g/mol. The first kappa shape index (κ1) is 36.4. The monoisotopic (exact) mass is 737 g/mol. The van der Waals surface area contributed by atoms with Gasteiger partial charge in [0.15, 0.2) is 23.2 Å². The summed E-state index contributed by atoms with van der Waals surface area (Å²) in [5.74, 6) is -4.07. The number of hydrogen-bond acceptors (Lipinski definition) is 18. The molecule has 282 valence electrons. The molecule has 53 heavy (non-hydrogen) atoms. The Bertz CT molecular complexity index is 2110. The van der Waals surface area contributed by atoms with E-state index < -0.39 is 71.5 Å². The number of fused-ring (bicyclic) bond motifs is 4. The Morgan fingerprint density at radius 1 is 0.774 bits per heavy atom. The van der Waals surface area contributed by atoms with Crippen LogP contribution in [0, 0.1) is 11.3 Å². The minimum atomic E-state index is -1.86. The lowest BCUT2D eigenvalue weighted by Crippen LogP contribution is -2.41. The molecule has 8 atom stereocenters. The third-order valence-electron chi connectivity index (χ3n) is 9.22. The highest BCUT2D eigenvalue weighted by molar-refractivity contribution is 5.67. The lowest BCUT2D eigenvalue weighted by molar-refractivity contribution is -0.286. The molecule has 0 radical (unpaired) electrons. The molecule has 0 bridgehead atoms. The standard InChI is InChI=1S/C17H19N5O5.C16H20N4O6/c1-9(23)24-6-11-13-14(27-16(2,3)26-13)17(7-18,25-11)12-5-4-10-15(19)20-8-21-22(10)12;1-8(21)23-6-10-12-13(26-15(2,3)25-12)16(22,24-10)11-5-4-9-14(17)18-7-19-20(9)11/h4-5,8,11,13-14H,6H2,1-3H3,(H2,19,20,21);4-5,7,10,12-13,22H,6H2,1-3H3,(H2,17,18,19)/t11-,13-,14-,17?;10-,12-,13-,16?/m11/s1. The number of nitrogens with two attached hydrogens (primary N) is 2. The van der Waals surface area contributed by atoms with E-state index in [0.717, 1.165) is 0 Å². The number of nitriles is 1. The van der Waals surface area contributed by atoms with Crippen molar-refractivity contribution in [3.8, 4) is 6.07 Å². The lowest BCUT2D eigenvalue weighted by atomic mass is 9.92. The normalized spacial score (nSPS) is 32.1. The molecule has 4 aromatic heterocycles. The van der Waals surface area contributed by atoms with Gasteiger partial charge in [0.25, 0.3) is 0 Å². The molecule has 2 unspecified atom stereocenters. The number of anilines is 2. The van der Waals surface area contributed by atoms with Gasteiger partial charge < -0.3 is 54.5 Å². The molecule has 0 spiro atoms. The summed E-state index contributed by atoms with van der Waals surface area (Å²) in [5, 5.41) is 29.9. The van der Waals surface area contributed by atoms with E-state index in [0.29, 0.717) is 22.4 Å². The van der Waals surface area contributed by atoms with Gasteiger partial charge in [-0.05, 0) is 52.0 Å². The van der Waals surface area contributed by atoms with E-state index in [4.69, 9.17) is 49.4 Å². The molecule has 8 heterocycles. The predicted octanol–water partition coefficient (Wildman–Crippen LogP) is 0.451. The van der Waals surface area contributed by atoms with Gasteiger partial charge in [0.05, 0.1) is 5.69 Å². The second-order valence-electron chi connectivity index (χ2n) is 13.8. The van der Waals surface area contributed by atoms with Gasteiger partial charge in [-0.3, -0.25) is 9.59 Å². The SMILES string of the molecule is CC(=O)OC[C@H]1OC(C#N)(c2ccc3c(N)ncnn23)[C@@H]2OC(C)(C)O[C@@H]21.CC(=O)OC[C@H]1OC(O)(c2ccc3c(N)ncnn23)[C@@H]2OC(C)(C)O[C@@H]21. The van der Waals surface area contributed by atoms with Crippen molar-refractivity contribution in [2.75, 3.05) is 24.7 Å². The van der Waals surface area contributed by atoms with Crippen LogP contribution in [0.3, 0.4) is 0 Å². The number of aromatic nitrogens is 6. The number of hydrogen-bond donors (Lipinski definition) is 3. The van der Waals surface area contributed by atoms with E-state index in [1.165, 1.54) is 35.5 Å². The van der Waals surface area contributed by atoms with Crippen LogP contribution < -0.4 is 11.5 Å². The number of aliphatic hydroxyl groups is 1. The van der Waals surface area contributed by atoms with Gasteiger partial charge in [-0.1, -0.05) is 0 Å². The maximum absolute atomic E-state index is 11.4. The molecule has 4 aromatic rings. The Kier molecular flexibility index (Phi) is 8.80. The van der Waals surface area contributed by atoms with E-state index in [-0.39, 0.29) is 24.8 Å². The van der Waals surface area contributed by atoms with Crippen molar-refractivity contribution in [3.63, 3.8) is 0 Å². The molecule has 4 aliphatic rings. The summed E-state index contributed by atoms with van der Waals surface area (Å²) in [6.07, 6.45) is -1.60. The van der Waals surface area contributed by atoms with E-state index in [2.05, 4.69) is 26.2 Å². The number of rotatable bonds is 6. The van der Waals surface area contributed by atoms with Crippen LogP contribution in [-0.2, 0) is 58.9 Å². The Morgan fingerprint density at radius 3 is 1.77 bits per heavy atom. The predicted molar refractivity (Wildman–Crippen MR) is 177 cm³/mol. The largest absolute Gasteiger partial charge is 0.463 e. The third kappa shape index (κ3) is 6.19. The molecule has 20 nitrogen and oxygen atoms in total. The third-order valence-corrected chi connectivity index (χ3v) is 9.22. The zero-order valence-corrected chi connectivity index (χ0v) is 29.7. The number of carbonyl (C=O) groups is 2. The van der Waals surface area contributed by atoms with Crippen molar-refractivity contribution in [2.24, 2.45) is 0 Å². The highest BCUT2D eigenvalue weighted by atomic mass is 16.8. The minimum absolute atomic E-state index is 0.0558. The second kappa shape index (κ2) is 12.8. The molecule has 0 aliphatic carbocycles. The Labute approximate surface area is 301 Å². The first-order valence-electron chi connectivity index (χ1n) is 16.6. The van der Waals surface area contributed by atoms with E-state index in [1.807, 2.05) is 0 Å². The van der Waals surface area contributed by atoms with E-state index >= 15 is 0 Å². The first-order chi connectivity index (χ1) is 25.0. The van der Waals surface area contributed by atoms with Crippen LogP contribution in [-0.4, -0.2) is 108 Å². The molecule has 0 saturated carbocycles. The van der Waals surface area contributed by atoms with Crippen LogP contribution >= 0.6 is 0 Å². The maximum Gasteiger partial charge on any atom is 0.302 e. The summed E-state index contributed by atoms with van der Waals surface area (Å²) in [4.78, 5) is 30.3. The minimum Gasteiger partial charge on any atom is -0.463 e. The van der Waals surface area contributed by atoms with Gasteiger partial charge in [0, 0.05) is 13.8 Å². The molecule has 20 heteroatoms. The Balaban J connectivity index is 0.000000164. The summed E-state index contributed by atoms with van der Waals surface area (Å²) in [5.41, 5.74) is 12.1. The first-order valence-corrected chi connectivity index (χ1v) is 16.6. The van der Waals surface area contributed by atoms with Gasteiger partial charge in [-0.25, -0.2) is 19.0 Å². The summed E-state index contributed by atoms with van der Waals surface area (Å²) >= 11 is 0. The fourth-order valence-electron chi connectivity index (χ4n) is 7.15. The summed E-state index contributed by atoms with van der Waals surface area (Å²) in [6.45, 7) is 9.48. The number of esters is 2. The van der Waals surface area contributed by atoms with Crippen molar-refractivity contribution in [1.82, 2.24) is 29.2 Å². The average Bonchev–Trinajstić information content (AvgIpc) is 3.92. The summed E-state index contributed by atoms with van der Waals surface area (Å²) in [6, 6.07) is 8.96. The van der Waals surface area contributed by atoms with Crippen LogP contribution in [0.15, 0.2) is 36.9 Å². The molecule has 4 saturated heterocycles. The molecule has 0 aromatic carbocycles. The van der Waals surface area contributed by atoms with Crippen molar-refractivity contribution < 1.29 is 52.6 Å². The molecule has 4 fully saturated rings. The summed E-state index contributed by atoms with van der Waals surface area (Å²) < 4.78 is 48.8. The lowest BCUT2D eigenvalue weighted by Gasteiger charge is -2.29. The van der Waals surface area contributed by atoms with Gasteiger partial charge >= 0.3 is 11.9 Å². The van der Waals surface area contributed by atoms with Gasteiger partial charge in [-0.15, -0.1) is 0 Å². The molecule has 5 N–H and O–H groups in total. The molecule has 4 aliphatic heterocycles. The fraction of sp³-hybridized carbons (Fsp3) is 0.545. The van der Waals surface area contributed by atoms with Crippen molar-refractivity contribution in [3.05, 3.63) is 48.3 Å². The molecular formula is C33H39N9O11. The molecule has 0 amide bonds. The smallest absolute Gasteiger partial charge is 0.302 e. The zero-order valence-electron chi connectivity index (χ0n) is 29.7. The number of ether oxygens (including phenoxy) is 8. The van der Waals surface area contributed by atoms with Crippen molar-refractivity contribution >= 4 is 34.6 Å². The van der Waals surface area contributed by atoms with Gasteiger partial charge in [-0.2, -0.15) is 15.5 Å². The molecule has 8 rings (SSSR count). The van der Waals surface area contributed by atoms with Crippen molar-refractivity contribution in [1.29, 1.82) is 5.26 Å². The quantitative estimate of drug-likeness (QED) is 0.227. The number of nitrogen functional groups attached to an aromatic ring is 2. The van der Waals surface area contributed by atoms with Crippen LogP contribution in [0.1, 0.15) is 52.9 Å². The summed E-state index contributed by atoms with van der Waals surface area (Å²) in [7, 11) is 0. The van der Waals surface area contributed by atoms with E-state index in [9.17, 15) is 20.0 Å². The van der Waals surface area contributed by atoms with Gasteiger partial charge in [0.2, 0.25) is 11.4 Å². The van der Waals surface area contributed by atoms with Crippen LogP contribution in [0.25, 0.3) is 11.0 Å². The number of nitrogens with zero attached hydrogens (tertiary/aromatic N) is 7.